The van der Waals surface area contributed by atoms with Crippen LogP contribution in [0.25, 0.3) is 0 Å². The van der Waals surface area contributed by atoms with Crippen LogP contribution in [0.4, 0.5) is 10.5 Å². The molecule has 4 nitrogen and oxygen atoms in total. The van der Waals surface area contributed by atoms with Crippen LogP contribution in [-0.2, 0) is 11.3 Å². The summed E-state index contributed by atoms with van der Waals surface area (Å²) in [6.45, 7) is 2.36. The number of rotatable bonds is 1. The SMILES string of the molecule is O=C(ON1CCCc2cc(Cl)ccc21)N1CCC1. The number of benzene rings is 1. The molecule has 1 aromatic carbocycles. The van der Waals surface area contributed by atoms with Crippen molar-refractivity contribution in [3.63, 3.8) is 0 Å². The highest BCUT2D eigenvalue weighted by atomic mass is 35.5. The second-order valence-corrected chi connectivity index (χ2v) is 5.11. The summed E-state index contributed by atoms with van der Waals surface area (Å²) in [6, 6.07) is 5.69. The topological polar surface area (TPSA) is 32.8 Å². The van der Waals surface area contributed by atoms with Gasteiger partial charge in [-0.15, -0.1) is 0 Å². The quantitative estimate of drug-likeness (QED) is 0.784. The Kier molecular flexibility index (Phi) is 3.04. The third-order valence-corrected chi connectivity index (χ3v) is 3.66. The van der Waals surface area contributed by atoms with E-state index in [2.05, 4.69) is 0 Å². The number of halogens is 1. The smallest absolute Gasteiger partial charge is 0.321 e. The number of hydrogen-bond donors (Lipinski definition) is 0. The van der Waals surface area contributed by atoms with Crippen molar-refractivity contribution >= 4 is 23.4 Å². The van der Waals surface area contributed by atoms with Crippen LogP contribution in [0.15, 0.2) is 18.2 Å². The number of carbonyl (C=O) groups is 1. The van der Waals surface area contributed by atoms with Crippen LogP contribution in [0.2, 0.25) is 5.02 Å². The van der Waals surface area contributed by atoms with Gasteiger partial charge in [-0.05, 0) is 43.0 Å². The normalized spacial score (nSPS) is 18.1. The molecule has 2 aliphatic rings. The third-order valence-electron chi connectivity index (χ3n) is 3.42. The van der Waals surface area contributed by atoms with Gasteiger partial charge in [-0.1, -0.05) is 11.6 Å². The molecule has 2 aliphatic heterocycles. The number of aryl methyl sites for hydroxylation is 1. The maximum Gasteiger partial charge on any atom is 0.434 e. The molecule has 0 bridgehead atoms. The fourth-order valence-corrected chi connectivity index (χ4v) is 2.47. The first-order valence-corrected chi connectivity index (χ1v) is 6.65. The summed E-state index contributed by atoms with van der Waals surface area (Å²) < 4.78 is 0. The number of carbonyl (C=O) groups excluding carboxylic acids is 1. The van der Waals surface area contributed by atoms with Crippen LogP contribution in [0, 0.1) is 0 Å². The lowest BCUT2D eigenvalue weighted by Gasteiger charge is -2.34. The molecule has 0 aliphatic carbocycles. The van der Waals surface area contributed by atoms with Crippen molar-refractivity contribution in [3.8, 4) is 0 Å². The van der Waals surface area contributed by atoms with Crippen molar-refractivity contribution in [2.75, 3.05) is 24.7 Å². The monoisotopic (exact) mass is 266 g/mol. The predicted molar refractivity (Wildman–Crippen MR) is 69.8 cm³/mol. The summed E-state index contributed by atoms with van der Waals surface area (Å²) in [5.41, 5.74) is 2.10. The van der Waals surface area contributed by atoms with Crippen molar-refractivity contribution in [2.45, 2.75) is 19.3 Å². The number of amides is 1. The first-order chi connectivity index (χ1) is 8.74. The van der Waals surface area contributed by atoms with E-state index in [4.69, 9.17) is 16.4 Å². The van der Waals surface area contributed by atoms with E-state index >= 15 is 0 Å². The summed E-state index contributed by atoms with van der Waals surface area (Å²) in [6.07, 6.45) is 2.78. The van der Waals surface area contributed by atoms with E-state index in [0.717, 1.165) is 55.2 Å². The standard InChI is InChI=1S/C13H15ClN2O2/c14-11-4-5-12-10(9-11)3-1-8-16(12)18-13(17)15-6-2-7-15/h4-5,9H,1-3,6-8H2. The highest BCUT2D eigenvalue weighted by molar-refractivity contribution is 6.30. The number of hydroxylamine groups is 1. The van der Waals surface area contributed by atoms with Gasteiger partial charge < -0.3 is 9.74 Å². The molecule has 0 radical (unpaired) electrons. The Morgan fingerprint density at radius 3 is 2.78 bits per heavy atom. The molecule has 5 heteroatoms. The minimum Gasteiger partial charge on any atom is -0.321 e. The van der Waals surface area contributed by atoms with E-state index in [1.165, 1.54) is 0 Å². The first-order valence-electron chi connectivity index (χ1n) is 6.27. The molecule has 96 valence electrons. The van der Waals surface area contributed by atoms with Crippen molar-refractivity contribution < 1.29 is 9.63 Å². The highest BCUT2D eigenvalue weighted by Gasteiger charge is 2.26. The average Bonchev–Trinajstić information content (AvgIpc) is 2.26. The molecule has 18 heavy (non-hydrogen) atoms. The van der Waals surface area contributed by atoms with Crippen LogP contribution in [0.3, 0.4) is 0 Å². The van der Waals surface area contributed by atoms with Crippen molar-refractivity contribution in [2.24, 2.45) is 0 Å². The van der Waals surface area contributed by atoms with E-state index in [-0.39, 0.29) is 6.09 Å². The largest absolute Gasteiger partial charge is 0.434 e. The molecule has 1 fully saturated rings. The lowest BCUT2D eigenvalue weighted by Crippen LogP contribution is -2.46. The molecule has 0 aromatic heterocycles. The van der Waals surface area contributed by atoms with Gasteiger partial charge in [0.25, 0.3) is 0 Å². The molecule has 2 heterocycles. The molecular formula is C13H15ClN2O2. The number of likely N-dealkylation sites (tertiary alicyclic amines) is 1. The molecule has 0 N–H and O–H groups in total. The zero-order valence-electron chi connectivity index (χ0n) is 10.1. The number of hydrogen-bond acceptors (Lipinski definition) is 3. The van der Waals surface area contributed by atoms with Gasteiger partial charge in [0.15, 0.2) is 0 Å². The van der Waals surface area contributed by atoms with Gasteiger partial charge in [0.05, 0.1) is 12.2 Å². The second kappa shape index (κ2) is 4.69. The van der Waals surface area contributed by atoms with E-state index < -0.39 is 0 Å². The molecule has 1 amide bonds. The zero-order valence-corrected chi connectivity index (χ0v) is 10.8. The molecule has 0 unspecified atom stereocenters. The number of fused-ring (bicyclic) bond motifs is 1. The lowest BCUT2D eigenvalue weighted by atomic mass is 10.0. The summed E-state index contributed by atoms with van der Waals surface area (Å²) in [5.74, 6) is 0. The number of nitrogens with zero attached hydrogens (tertiary/aromatic N) is 2. The van der Waals surface area contributed by atoms with Crippen molar-refractivity contribution in [1.82, 2.24) is 4.90 Å². The van der Waals surface area contributed by atoms with Crippen molar-refractivity contribution in [3.05, 3.63) is 28.8 Å². The van der Waals surface area contributed by atoms with Gasteiger partial charge in [-0.2, -0.15) is 0 Å². The van der Waals surface area contributed by atoms with Gasteiger partial charge in [0, 0.05) is 18.1 Å². The maximum absolute atomic E-state index is 11.8. The van der Waals surface area contributed by atoms with Gasteiger partial charge in [-0.3, -0.25) is 0 Å². The Labute approximate surface area is 111 Å². The van der Waals surface area contributed by atoms with E-state index in [1.54, 1.807) is 9.96 Å². The maximum atomic E-state index is 11.8. The lowest BCUT2D eigenvalue weighted by molar-refractivity contribution is 0.0697. The Bertz CT molecular complexity index is 474. The molecule has 0 atom stereocenters. The Hall–Kier alpha value is -1.42. The summed E-state index contributed by atoms with van der Waals surface area (Å²) in [4.78, 5) is 19.0. The Balaban J connectivity index is 1.76. The highest BCUT2D eigenvalue weighted by Crippen LogP contribution is 2.30. The third kappa shape index (κ3) is 2.12. The summed E-state index contributed by atoms with van der Waals surface area (Å²) in [5, 5.41) is 2.42. The van der Waals surface area contributed by atoms with Gasteiger partial charge >= 0.3 is 6.09 Å². The van der Waals surface area contributed by atoms with E-state index in [1.807, 2.05) is 18.2 Å². The molecule has 0 saturated carbocycles. The van der Waals surface area contributed by atoms with Crippen LogP contribution < -0.4 is 5.06 Å². The summed E-state index contributed by atoms with van der Waals surface area (Å²) in [7, 11) is 0. The first kappa shape index (κ1) is 11.7. The van der Waals surface area contributed by atoms with Gasteiger partial charge in [0.1, 0.15) is 0 Å². The zero-order chi connectivity index (χ0) is 12.5. The van der Waals surface area contributed by atoms with Crippen LogP contribution in [-0.4, -0.2) is 30.6 Å². The number of anilines is 1. The van der Waals surface area contributed by atoms with Crippen LogP contribution in [0.5, 0.6) is 0 Å². The van der Waals surface area contributed by atoms with Crippen LogP contribution >= 0.6 is 11.6 Å². The van der Waals surface area contributed by atoms with Gasteiger partial charge in [0.2, 0.25) is 0 Å². The predicted octanol–water partition coefficient (Wildman–Crippen LogP) is 2.85. The Morgan fingerprint density at radius 2 is 2.06 bits per heavy atom. The second-order valence-electron chi connectivity index (χ2n) is 4.68. The fourth-order valence-electron chi connectivity index (χ4n) is 2.28. The van der Waals surface area contributed by atoms with E-state index in [9.17, 15) is 4.79 Å². The molecule has 1 aromatic rings. The van der Waals surface area contributed by atoms with E-state index in [0.29, 0.717) is 0 Å². The molecule has 0 spiro atoms. The summed E-state index contributed by atoms with van der Waals surface area (Å²) >= 11 is 5.98. The molecule has 1 saturated heterocycles. The fraction of sp³-hybridized carbons (Fsp3) is 0.462. The minimum atomic E-state index is -0.246. The molecule has 3 rings (SSSR count). The van der Waals surface area contributed by atoms with Crippen LogP contribution in [0.1, 0.15) is 18.4 Å². The van der Waals surface area contributed by atoms with Gasteiger partial charge in [-0.25, -0.2) is 9.86 Å². The Morgan fingerprint density at radius 1 is 1.22 bits per heavy atom. The average molecular weight is 267 g/mol. The minimum absolute atomic E-state index is 0.246. The molecular weight excluding hydrogens is 252 g/mol. The van der Waals surface area contributed by atoms with Crippen molar-refractivity contribution in [1.29, 1.82) is 0 Å².